The molecule has 0 aromatic rings. The second kappa shape index (κ2) is 13.8. The first kappa shape index (κ1) is 22.1. The Morgan fingerprint density at radius 2 is 1.62 bits per heavy atom. The molecule has 0 radical (unpaired) electrons. The number of carbonyl (C=O) groups excluding carboxylic acids is 1. The minimum atomic E-state index is -0.852. The molecule has 0 aromatic heterocycles. The highest BCUT2D eigenvalue weighted by atomic mass is 16.5. The van der Waals surface area contributed by atoms with E-state index in [-0.39, 0.29) is 32.0 Å². The van der Waals surface area contributed by atoms with Gasteiger partial charge in [0.2, 0.25) is 0 Å². The van der Waals surface area contributed by atoms with Gasteiger partial charge in [0.1, 0.15) is 0 Å². The molecular formula is C15H30O6. The van der Waals surface area contributed by atoms with Crippen LogP contribution in [-0.2, 0) is 14.3 Å². The van der Waals surface area contributed by atoms with E-state index >= 15 is 0 Å². The molecule has 6 nitrogen and oxygen atoms in total. The highest BCUT2D eigenvalue weighted by Crippen LogP contribution is 2.14. The standard InChI is InChI=1S/C11H20O5.C4H10O/c1-11(2,7-12)8-16-10(15)6-4-3-5-9(13)14;1-2-3-4-5/h12H,3-8H2,1-2H3,(H,13,14);5H,2-4H2,1H3. The fraction of sp³-hybridized carbons (Fsp3) is 0.867. The van der Waals surface area contributed by atoms with E-state index in [0.717, 1.165) is 12.8 Å². The van der Waals surface area contributed by atoms with E-state index in [1.54, 1.807) is 13.8 Å². The molecule has 0 aromatic carbocycles. The number of hydrogen-bond donors (Lipinski definition) is 3. The van der Waals surface area contributed by atoms with Crippen molar-refractivity contribution in [3.63, 3.8) is 0 Å². The molecule has 6 heteroatoms. The lowest BCUT2D eigenvalue weighted by molar-refractivity contribution is -0.148. The van der Waals surface area contributed by atoms with Crippen LogP contribution in [0.25, 0.3) is 0 Å². The van der Waals surface area contributed by atoms with E-state index in [1.165, 1.54) is 0 Å². The van der Waals surface area contributed by atoms with Crippen molar-refractivity contribution in [2.75, 3.05) is 19.8 Å². The number of rotatable bonds is 10. The second-order valence-electron chi connectivity index (χ2n) is 5.66. The van der Waals surface area contributed by atoms with Gasteiger partial charge in [0.05, 0.1) is 13.2 Å². The van der Waals surface area contributed by atoms with Gasteiger partial charge in [0.15, 0.2) is 0 Å². The van der Waals surface area contributed by atoms with Crippen LogP contribution in [0.3, 0.4) is 0 Å². The SMILES string of the molecule is CC(C)(CO)COC(=O)CCCCC(=O)O.CCCCO. The highest BCUT2D eigenvalue weighted by molar-refractivity contribution is 5.69. The Bertz CT molecular complexity index is 273. The van der Waals surface area contributed by atoms with Crippen LogP contribution < -0.4 is 0 Å². The van der Waals surface area contributed by atoms with Crippen molar-refractivity contribution >= 4 is 11.9 Å². The molecule has 0 aliphatic heterocycles. The van der Waals surface area contributed by atoms with Gasteiger partial charge < -0.3 is 20.1 Å². The van der Waals surface area contributed by atoms with E-state index < -0.39 is 11.4 Å². The summed E-state index contributed by atoms with van der Waals surface area (Å²) in [6, 6.07) is 0. The van der Waals surface area contributed by atoms with Crippen LogP contribution in [0.5, 0.6) is 0 Å². The van der Waals surface area contributed by atoms with Crippen LogP contribution >= 0.6 is 0 Å². The molecule has 0 bridgehead atoms. The molecule has 0 rings (SSSR count). The van der Waals surface area contributed by atoms with Crippen LogP contribution in [-0.4, -0.2) is 47.1 Å². The van der Waals surface area contributed by atoms with Gasteiger partial charge in [-0.05, 0) is 19.3 Å². The lowest BCUT2D eigenvalue weighted by Crippen LogP contribution is -2.25. The number of unbranched alkanes of at least 4 members (excludes halogenated alkanes) is 2. The Morgan fingerprint density at radius 1 is 1.05 bits per heavy atom. The number of esters is 1. The van der Waals surface area contributed by atoms with Gasteiger partial charge in [-0.1, -0.05) is 27.2 Å². The molecular weight excluding hydrogens is 276 g/mol. The lowest BCUT2D eigenvalue weighted by Gasteiger charge is -2.20. The van der Waals surface area contributed by atoms with Gasteiger partial charge in [0.25, 0.3) is 0 Å². The summed E-state index contributed by atoms with van der Waals surface area (Å²) in [4.78, 5) is 21.4. The molecule has 0 saturated carbocycles. The van der Waals surface area contributed by atoms with Crippen molar-refractivity contribution in [2.24, 2.45) is 5.41 Å². The zero-order chi connectivity index (χ0) is 16.7. The first-order chi connectivity index (χ1) is 9.79. The third-order valence-corrected chi connectivity index (χ3v) is 2.59. The molecule has 0 amide bonds. The average Bonchev–Trinajstić information content (AvgIpc) is 2.43. The molecule has 0 spiro atoms. The number of carbonyl (C=O) groups is 2. The summed E-state index contributed by atoms with van der Waals surface area (Å²) in [7, 11) is 0. The van der Waals surface area contributed by atoms with Crippen molar-refractivity contribution in [3.05, 3.63) is 0 Å². The first-order valence-corrected chi connectivity index (χ1v) is 7.38. The number of hydrogen-bond acceptors (Lipinski definition) is 5. The van der Waals surface area contributed by atoms with E-state index in [1.807, 2.05) is 0 Å². The van der Waals surface area contributed by atoms with E-state index in [2.05, 4.69) is 6.92 Å². The van der Waals surface area contributed by atoms with Crippen LogP contribution in [0.4, 0.5) is 0 Å². The van der Waals surface area contributed by atoms with Crippen LogP contribution in [0.2, 0.25) is 0 Å². The number of aliphatic carboxylic acids is 1. The van der Waals surface area contributed by atoms with Gasteiger partial charge in [0, 0.05) is 24.9 Å². The molecule has 0 fully saturated rings. The van der Waals surface area contributed by atoms with Gasteiger partial charge in [-0.3, -0.25) is 9.59 Å². The molecule has 0 atom stereocenters. The smallest absolute Gasteiger partial charge is 0.305 e. The minimum Gasteiger partial charge on any atom is -0.481 e. The fourth-order valence-electron chi connectivity index (χ4n) is 1.10. The van der Waals surface area contributed by atoms with Crippen molar-refractivity contribution < 1.29 is 29.6 Å². The molecule has 0 unspecified atom stereocenters. The molecule has 126 valence electrons. The number of aliphatic hydroxyl groups excluding tert-OH is 2. The van der Waals surface area contributed by atoms with E-state index in [9.17, 15) is 9.59 Å². The molecule has 21 heavy (non-hydrogen) atoms. The maximum atomic E-state index is 11.2. The van der Waals surface area contributed by atoms with Crippen molar-refractivity contribution in [1.29, 1.82) is 0 Å². The van der Waals surface area contributed by atoms with Crippen molar-refractivity contribution in [2.45, 2.75) is 59.3 Å². The monoisotopic (exact) mass is 306 g/mol. The summed E-state index contributed by atoms with van der Waals surface area (Å²) in [6.07, 6.45) is 3.35. The second-order valence-corrected chi connectivity index (χ2v) is 5.66. The quantitative estimate of drug-likeness (QED) is 0.421. The van der Waals surface area contributed by atoms with Gasteiger partial charge in [-0.2, -0.15) is 0 Å². The molecule has 3 N–H and O–H groups in total. The van der Waals surface area contributed by atoms with E-state index in [4.69, 9.17) is 20.1 Å². The fourth-order valence-corrected chi connectivity index (χ4v) is 1.10. The maximum Gasteiger partial charge on any atom is 0.305 e. The largest absolute Gasteiger partial charge is 0.481 e. The van der Waals surface area contributed by atoms with E-state index in [0.29, 0.717) is 19.4 Å². The Kier molecular flexibility index (Phi) is 14.6. The van der Waals surface area contributed by atoms with Crippen LogP contribution in [0.15, 0.2) is 0 Å². The van der Waals surface area contributed by atoms with Gasteiger partial charge in [-0.15, -0.1) is 0 Å². The minimum absolute atomic E-state index is 0.0424. The van der Waals surface area contributed by atoms with Crippen LogP contribution in [0.1, 0.15) is 59.3 Å². The summed E-state index contributed by atoms with van der Waals surface area (Å²) in [5, 5.41) is 25.4. The number of ether oxygens (including phenoxy) is 1. The predicted octanol–water partition coefficient (Wildman–Crippen LogP) is 1.97. The van der Waals surface area contributed by atoms with Crippen LogP contribution in [0, 0.1) is 5.41 Å². The Morgan fingerprint density at radius 3 is 2.00 bits per heavy atom. The summed E-state index contributed by atoms with van der Waals surface area (Å²) in [6.45, 7) is 6.13. The summed E-state index contributed by atoms with van der Waals surface area (Å²) >= 11 is 0. The highest BCUT2D eigenvalue weighted by Gasteiger charge is 2.18. The Labute approximate surface area is 127 Å². The predicted molar refractivity (Wildman–Crippen MR) is 79.9 cm³/mol. The van der Waals surface area contributed by atoms with Crippen molar-refractivity contribution in [3.8, 4) is 0 Å². The molecule has 0 aliphatic carbocycles. The zero-order valence-corrected chi connectivity index (χ0v) is 13.4. The summed E-state index contributed by atoms with van der Waals surface area (Å²) in [5.41, 5.74) is -0.420. The summed E-state index contributed by atoms with van der Waals surface area (Å²) < 4.78 is 4.96. The summed E-state index contributed by atoms with van der Waals surface area (Å²) in [5.74, 6) is -1.19. The Balaban J connectivity index is 0. The third-order valence-electron chi connectivity index (χ3n) is 2.59. The number of carboxylic acid groups (broad SMARTS) is 1. The topological polar surface area (TPSA) is 104 Å². The van der Waals surface area contributed by atoms with Gasteiger partial charge in [-0.25, -0.2) is 0 Å². The molecule has 0 heterocycles. The van der Waals surface area contributed by atoms with Gasteiger partial charge >= 0.3 is 11.9 Å². The number of carboxylic acids is 1. The lowest BCUT2D eigenvalue weighted by atomic mass is 9.97. The normalized spacial score (nSPS) is 10.5. The first-order valence-electron chi connectivity index (χ1n) is 7.38. The maximum absolute atomic E-state index is 11.2. The third kappa shape index (κ3) is 18.9. The Hall–Kier alpha value is -1.14. The molecule has 0 aliphatic rings. The molecule has 0 saturated heterocycles. The zero-order valence-electron chi connectivity index (χ0n) is 13.4. The van der Waals surface area contributed by atoms with Crippen molar-refractivity contribution in [1.82, 2.24) is 0 Å². The average molecular weight is 306 g/mol. The number of aliphatic hydroxyl groups is 2.